The van der Waals surface area contributed by atoms with Crippen LogP contribution >= 0.6 is 0 Å². The molecule has 0 bridgehead atoms. The van der Waals surface area contributed by atoms with Crippen LogP contribution < -0.4 is 4.90 Å². The van der Waals surface area contributed by atoms with Gasteiger partial charge in [-0.3, -0.25) is 0 Å². The van der Waals surface area contributed by atoms with Gasteiger partial charge in [-0.2, -0.15) is 0 Å². The van der Waals surface area contributed by atoms with Crippen molar-refractivity contribution in [3.05, 3.63) is 60.0 Å². The molecule has 1 aromatic carbocycles. The van der Waals surface area contributed by atoms with E-state index in [-0.39, 0.29) is 12.2 Å². The molecule has 1 saturated heterocycles. The molecule has 1 aliphatic rings. The van der Waals surface area contributed by atoms with E-state index in [1.54, 1.807) is 0 Å². The first-order chi connectivity index (χ1) is 15.9. The van der Waals surface area contributed by atoms with Crippen LogP contribution in [0.15, 0.2) is 58.6 Å². The van der Waals surface area contributed by atoms with Gasteiger partial charge in [-0.05, 0) is 83.6 Å². The van der Waals surface area contributed by atoms with Crippen LogP contribution in [0.25, 0.3) is 17.5 Å². The summed E-state index contributed by atoms with van der Waals surface area (Å²) in [6, 6.07) is 9.00. The van der Waals surface area contributed by atoms with Gasteiger partial charge >= 0.3 is 0 Å². The maximum absolute atomic E-state index is 5.89. The van der Waals surface area contributed by atoms with Gasteiger partial charge in [-0.25, -0.2) is 0 Å². The number of hydrogen-bond donors (Lipinski definition) is 0. The van der Waals surface area contributed by atoms with Crippen molar-refractivity contribution in [2.45, 2.75) is 58.8 Å². The Labute approximate surface area is 198 Å². The van der Waals surface area contributed by atoms with Crippen molar-refractivity contribution in [1.82, 2.24) is 15.1 Å². The second-order valence-electron chi connectivity index (χ2n) is 9.04. The fourth-order valence-corrected chi connectivity index (χ4v) is 3.95. The molecule has 2 unspecified atom stereocenters. The highest BCUT2D eigenvalue weighted by molar-refractivity contribution is 5.60. The van der Waals surface area contributed by atoms with Crippen LogP contribution in [0.2, 0.25) is 0 Å². The van der Waals surface area contributed by atoms with Crippen LogP contribution in [0.4, 0.5) is 5.69 Å². The van der Waals surface area contributed by atoms with Crippen LogP contribution in [0, 0.1) is 0 Å². The summed E-state index contributed by atoms with van der Waals surface area (Å²) < 4.78 is 11.7. The Morgan fingerprint density at radius 1 is 1.18 bits per heavy atom. The van der Waals surface area contributed by atoms with Gasteiger partial charge in [-0.15, -0.1) is 10.2 Å². The summed E-state index contributed by atoms with van der Waals surface area (Å²) in [7, 11) is 4.30. The quantitative estimate of drug-likeness (QED) is 0.440. The molecule has 3 rings (SSSR count). The van der Waals surface area contributed by atoms with Crippen LogP contribution in [-0.2, 0) is 4.74 Å². The number of aromatic nitrogens is 2. The Bertz CT molecular complexity index is 957. The first-order valence-corrected chi connectivity index (χ1v) is 11.9. The number of rotatable bonds is 10. The van der Waals surface area contributed by atoms with Crippen molar-refractivity contribution in [2.75, 3.05) is 32.1 Å². The zero-order valence-electron chi connectivity index (χ0n) is 20.9. The normalized spacial score (nSPS) is 18.5. The van der Waals surface area contributed by atoms with E-state index < -0.39 is 0 Å². The number of ether oxygens (including phenoxy) is 1. The first-order valence-electron chi connectivity index (χ1n) is 11.9. The second-order valence-corrected chi connectivity index (χ2v) is 9.04. The van der Waals surface area contributed by atoms with E-state index >= 15 is 0 Å². The second kappa shape index (κ2) is 12.0. The maximum Gasteiger partial charge on any atom is 0.248 e. The monoisotopic (exact) mass is 450 g/mol. The van der Waals surface area contributed by atoms with Crippen molar-refractivity contribution < 1.29 is 9.15 Å². The molecule has 0 radical (unpaired) electrons. The summed E-state index contributed by atoms with van der Waals surface area (Å²) in [4.78, 5) is 4.73. The largest absolute Gasteiger partial charge is 0.417 e. The molecule has 6 nitrogen and oxygen atoms in total. The number of likely N-dealkylation sites (N-methyl/N-ethyl adjacent to an activating group) is 1. The fraction of sp³-hybridized carbons (Fsp3) is 0.481. The molecule has 0 N–H and O–H groups in total. The summed E-state index contributed by atoms with van der Waals surface area (Å²) in [6.07, 6.45) is 12.5. The van der Waals surface area contributed by atoms with E-state index in [0.717, 1.165) is 30.6 Å². The average Bonchev–Trinajstić information content (AvgIpc) is 3.45. The van der Waals surface area contributed by atoms with E-state index in [0.29, 0.717) is 17.8 Å². The van der Waals surface area contributed by atoms with Crippen molar-refractivity contribution in [1.29, 1.82) is 0 Å². The van der Waals surface area contributed by atoms with Crippen molar-refractivity contribution in [2.24, 2.45) is 0 Å². The Morgan fingerprint density at radius 2 is 1.94 bits per heavy atom. The van der Waals surface area contributed by atoms with Gasteiger partial charge in [-0.1, -0.05) is 25.2 Å². The standard InChI is InChI=1S/C27H38N4O2/c1-7-8-22(10-9-21(4)32-20(2)3)11-16-26-28-29-27(33-26)23-12-14-24(15-13-23)31-18-17-25(19-31)30(5)6/h8-16,20-21,25H,7,17-19H2,1-6H3/b10-9-,16-11+,22-8+. The lowest BCUT2D eigenvalue weighted by Crippen LogP contribution is -2.31. The predicted octanol–water partition coefficient (Wildman–Crippen LogP) is 5.60. The van der Waals surface area contributed by atoms with Crippen molar-refractivity contribution >= 4 is 11.8 Å². The summed E-state index contributed by atoms with van der Waals surface area (Å²) in [5, 5.41) is 8.43. The molecular weight excluding hydrogens is 412 g/mol. The van der Waals surface area contributed by atoms with Gasteiger partial charge in [0.2, 0.25) is 11.8 Å². The summed E-state index contributed by atoms with van der Waals surface area (Å²) in [5.41, 5.74) is 3.25. The molecular formula is C27H38N4O2. The average molecular weight is 451 g/mol. The number of anilines is 1. The topological polar surface area (TPSA) is 54.6 Å². The van der Waals surface area contributed by atoms with Gasteiger partial charge in [0, 0.05) is 36.5 Å². The highest BCUT2D eigenvalue weighted by Gasteiger charge is 2.24. The molecule has 0 spiro atoms. The zero-order valence-corrected chi connectivity index (χ0v) is 20.9. The lowest BCUT2D eigenvalue weighted by Gasteiger charge is -2.21. The number of allylic oxidation sites excluding steroid dienone is 4. The highest BCUT2D eigenvalue weighted by Crippen LogP contribution is 2.26. The summed E-state index contributed by atoms with van der Waals surface area (Å²) in [5.74, 6) is 1.02. The number of benzene rings is 1. The minimum Gasteiger partial charge on any atom is -0.417 e. The molecule has 1 fully saturated rings. The van der Waals surface area contributed by atoms with E-state index in [4.69, 9.17) is 9.15 Å². The number of hydrogen-bond acceptors (Lipinski definition) is 6. The molecule has 2 heterocycles. The maximum atomic E-state index is 5.89. The van der Waals surface area contributed by atoms with E-state index in [1.165, 1.54) is 12.1 Å². The number of nitrogens with zero attached hydrogens (tertiary/aromatic N) is 4. The van der Waals surface area contributed by atoms with Crippen LogP contribution in [-0.4, -0.2) is 60.5 Å². The van der Waals surface area contributed by atoms with E-state index in [1.807, 2.05) is 32.9 Å². The SMILES string of the molecule is CC/C=C(\C=C/C(C)OC(C)C)/C=C/c1nnc(-c2ccc(N3CCC(N(C)C)C3)cc2)o1. The molecule has 1 aromatic heterocycles. The Hall–Kier alpha value is -2.70. The van der Waals surface area contributed by atoms with Crippen LogP contribution in [0.3, 0.4) is 0 Å². The molecule has 6 heteroatoms. The van der Waals surface area contributed by atoms with Gasteiger partial charge in [0.15, 0.2) is 0 Å². The third-order valence-electron chi connectivity index (χ3n) is 5.72. The van der Waals surface area contributed by atoms with Gasteiger partial charge in [0.1, 0.15) is 0 Å². The van der Waals surface area contributed by atoms with Crippen molar-refractivity contribution in [3.8, 4) is 11.5 Å². The summed E-state index contributed by atoms with van der Waals surface area (Å²) in [6.45, 7) is 10.4. The molecule has 33 heavy (non-hydrogen) atoms. The lowest BCUT2D eigenvalue weighted by molar-refractivity contribution is 0.0461. The minimum atomic E-state index is 0.0611. The Morgan fingerprint density at radius 3 is 2.58 bits per heavy atom. The fourth-order valence-electron chi connectivity index (χ4n) is 3.95. The van der Waals surface area contributed by atoms with E-state index in [9.17, 15) is 0 Å². The van der Waals surface area contributed by atoms with Crippen LogP contribution in [0.1, 0.15) is 46.4 Å². The molecule has 178 valence electrons. The molecule has 0 amide bonds. The highest BCUT2D eigenvalue weighted by atomic mass is 16.5. The lowest BCUT2D eigenvalue weighted by atomic mass is 10.1. The van der Waals surface area contributed by atoms with Gasteiger partial charge < -0.3 is 19.0 Å². The summed E-state index contributed by atoms with van der Waals surface area (Å²) >= 11 is 0. The third kappa shape index (κ3) is 7.41. The molecule has 0 saturated carbocycles. The Kier molecular flexibility index (Phi) is 9.03. The van der Waals surface area contributed by atoms with Crippen molar-refractivity contribution in [3.63, 3.8) is 0 Å². The first kappa shape index (κ1) is 24.9. The smallest absolute Gasteiger partial charge is 0.248 e. The Balaban J connectivity index is 1.63. The molecule has 2 atom stereocenters. The third-order valence-corrected chi connectivity index (χ3v) is 5.72. The van der Waals surface area contributed by atoms with Gasteiger partial charge in [0.25, 0.3) is 0 Å². The minimum absolute atomic E-state index is 0.0611. The molecule has 0 aliphatic carbocycles. The zero-order chi connectivity index (χ0) is 23.8. The molecule has 1 aliphatic heterocycles. The van der Waals surface area contributed by atoms with E-state index in [2.05, 4.69) is 83.5 Å². The predicted molar refractivity (Wildman–Crippen MR) is 136 cm³/mol. The molecule has 2 aromatic rings. The van der Waals surface area contributed by atoms with Crippen LogP contribution in [0.5, 0.6) is 0 Å². The van der Waals surface area contributed by atoms with Gasteiger partial charge in [0.05, 0.1) is 12.2 Å².